The van der Waals surface area contributed by atoms with Crippen molar-refractivity contribution in [3.8, 4) is 5.75 Å². The summed E-state index contributed by atoms with van der Waals surface area (Å²) in [6.45, 7) is 2.23. The normalized spacial score (nSPS) is 13.9. The van der Waals surface area contributed by atoms with Crippen LogP contribution < -0.4 is 19.2 Å². The fourth-order valence-electron chi connectivity index (χ4n) is 1.06. The molecular weight excluding hydrogens is 409 g/mol. The molecule has 1 atom stereocenters. The van der Waals surface area contributed by atoms with Crippen LogP contribution in [0, 0.1) is 0 Å². The molecule has 0 aliphatic rings. The van der Waals surface area contributed by atoms with Gasteiger partial charge in [-0.05, 0) is 12.1 Å². The molecule has 0 aromatic heterocycles. The molecule has 20 heavy (non-hydrogen) atoms. The van der Waals surface area contributed by atoms with Crippen LogP contribution in [0.5, 0.6) is 5.75 Å². The van der Waals surface area contributed by atoms with E-state index in [1.165, 1.54) is 41.5 Å². The fourth-order valence-corrected chi connectivity index (χ4v) is 4.44. The average Bonchev–Trinajstić information content (AvgIpc) is 2.28. The van der Waals surface area contributed by atoms with Crippen molar-refractivity contribution in [1.29, 1.82) is 0 Å². The van der Waals surface area contributed by atoms with Crippen LogP contribution in [0.15, 0.2) is 30.3 Å². The van der Waals surface area contributed by atoms with E-state index < -0.39 is 21.1 Å². The molecule has 1 aromatic carbocycles. The molecule has 110 valence electrons. The number of hydrogen-bond donors (Lipinski definition) is 0. The van der Waals surface area contributed by atoms with Gasteiger partial charge in [0.25, 0.3) is 0 Å². The molecule has 0 saturated heterocycles. The predicted molar refractivity (Wildman–Crippen MR) is 72.6 cm³/mol. The third-order valence-corrected chi connectivity index (χ3v) is 6.13. The molecule has 9 heteroatoms. The summed E-state index contributed by atoms with van der Waals surface area (Å²) in [6, 6.07) is 7.34. The molecule has 6 nitrogen and oxygen atoms in total. The topological polar surface area (TPSA) is 113 Å². The van der Waals surface area contributed by atoms with Gasteiger partial charge in [-0.2, -0.15) is 0 Å². The zero-order valence-corrected chi connectivity index (χ0v) is 15.7. The standard InChI is InChI=1S/C7H10O6P2.C4H9.Sn/c8-14(9,10)6-15(11,12)13-7-4-2-1-3-5-7;1-3-4-2;/h1-5H,6H2,(H,11,12)(H2,8,9,10);1,3-4H2,2H3;/q;;+3/p-3. The molecule has 1 aromatic rings. The number of rotatable bonds is 6. The third kappa shape index (κ3) is 11.9. The van der Waals surface area contributed by atoms with Gasteiger partial charge < -0.3 is 23.8 Å². The van der Waals surface area contributed by atoms with E-state index in [-0.39, 0.29) is 5.75 Å². The van der Waals surface area contributed by atoms with Gasteiger partial charge in [0.1, 0.15) is 5.75 Å². The van der Waals surface area contributed by atoms with Crippen LogP contribution in [0.1, 0.15) is 19.8 Å². The van der Waals surface area contributed by atoms with Gasteiger partial charge in [0.15, 0.2) is 7.60 Å². The monoisotopic (exact) mass is 426 g/mol. The van der Waals surface area contributed by atoms with E-state index in [1.807, 2.05) is 0 Å². The first-order valence-corrected chi connectivity index (χ1v) is 11.4. The van der Waals surface area contributed by atoms with E-state index in [0.29, 0.717) is 0 Å². The van der Waals surface area contributed by atoms with Crippen molar-refractivity contribution in [1.82, 2.24) is 0 Å². The van der Waals surface area contributed by atoms with Crippen molar-refractivity contribution in [3.63, 3.8) is 0 Å². The molecule has 0 aliphatic heterocycles. The third-order valence-electron chi connectivity index (χ3n) is 1.86. The summed E-state index contributed by atoms with van der Waals surface area (Å²) in [7, 11) is -9.80. The Hall–Kier alpha value is 0.159. The van der Waals surface area contributed by atoms with E-state index in [9.17, 15) is 23.8 Å². The van der Waals surface area contributed by atoms with E-state index in [0.717, 1.165) is 0 Å². The van der Waals surface area contributed by atoms with Crippen molar-refractivity contribution >= 4 is 37.7 Å². The second-order valence-electron chi connectivity index (χ2n) is 3.87. The second-order valence-corrected chi connectivity index (χ2v) is 9.06. The molecule has 0 heterocycles. The number of para-hydroxylation sites is 1. The molecule has 0 saturated carbocycles. The van der Waals surface area contributed by atoms with E-state index in [4.69, 9.17) is 0 Å². The van der Waals surface area contributed by atoms with Crippen LogP contribution in [-0.4, -0.2) is 28.4 Å². The Bertz CT molecular complexity index is 459. The molecule has 0 radical (unpaired) electrons. The second kappa shape index (κ2) is 9.98. The zero-order valence-electron chi connectivity index (χ0n) is 11.1. The Kier molecular flexibility index (Phi) is 10.1. The summed E-state index contributed by atoms with van der Waals surface area (Å²) in [6.07, 6.45) is 2.80. The number of unbranched alkanes of at least 4 members (excludes halogenated alkanes) is 1. The summed E-state index contributed by atoms with van der Waals surface area (Å²) in [4.78, 5) is 31.6. The van der Waals surface area contributed by atoms with Gasteiger partial charge in [0, 0.05) is 0 Å². The van der Waals surface area contributed by atoms with Gasteiger partial charge in [-0.1, -0.05) is 25.8 Å². The van der Waals surface area contributed by atoms with Crippen molar-refractivity contribution in [2.45, 2.75) is 24.2 Å². The van der Waals surface area contributed by atoms with Gasteiger partial charge in [-0.15, -0.1) is 0 Å². The maximum absolute atomic E-state index is 11.0. The summed E-state index contributed by atoms with van der Waals surface area (Å²) in [5.74, 6) is -1.54. The number of hydrogen-bond acceptors (Lipinski definition) is 6. The van der Waals surface area contributed by atoms with Gasteiger partial charge in [-0.3, -0.25) is 4.57 Å². The smallest absolute Gasteiger partial charge is 0.189 e. The van der Waals surface area contributed by atoms with E-state index in [2.05, 4.69) is 11.4 Å². The first-order valence-electron chi connectivity index (χ1n) is 5.90. The van der Waals surface area contributed by atoms with Crippen molar-refractivity contribution in [2.24, 2.45) is 0 Å². The van der Waals surface area contributed by atoms with Gasteiger partial charge >= 0.3 is 46.7 Å². The quantitative estimate of drug-likeness (QED) is 0.494. The summed E-state index contributed by atoms with van der Waals surface area (Å²) >= 11 is 1.68. The molecule has 0 amide bonds. The minimum atomic E-state index is -5.12. The van der Waals surface area contributed by atoms with E-state index in [1.54, 1.807) is 28.6 Å². The SMILES string of the molecule is CCC[CH2][Sn+3].O=P([O-])([O-])CP(=O)([O-])Oc1ccccc1. The fraction of sp³-hybridized carbons (Fsp3) is 0.455. The molecule has 0 spiro atoms. The van der Waals surface area contributed by atoms with Crippen molar-refractivity contribution in [3.05, 3.63) is 30.3 Å². The maximum Gasteiger partial charge on any atom is 0.189 e. The Balaban J connectivity index is 0.000000621. The molecular formula is C11H16O6P2Sn. The Morgan fingerprint density at radius 1 is 1.15 bits per heavy atom. The zero-order chi connectivity index (χ0) is 15.6. The maximum atomic E-state index is 11.0. The van der Waals surface area contributed by atoms with Crippen LogP contribution in [0.25, 0.3) is 0 Å². The minimum absolute atomic E-state index is 0.0238. The number of benzene rings is 1. The van der Waals surface area contributed by atoms with Crippen molar-refractivity contribution in [2.75, 3.05) is 5.90 Å². The summed E-state index contributed by atoms with van der Waals surface area (Å²) in [5, 5.41) is 0. The molecule has 0 aliphatic carbocycles. The molecule has 0 N–H and O–H groups in total. The molecule has 1 unspecified atom stereocenters. The van der Waals surface area contributed by atoms with E-state index >= 15 is 0 Å². The van der Waals surface area contributed by atoms with Crippen LogP contribution >= 0.6 is 15.2 Å². The predicted octanol–water partition coefficient (Wildman–Crippen LogP) is 0.863. The largest absolute Gasteiger partial charge is 0.810 e. The molecule has 1 rings (SSSR count). The molecule has 0 bridgehead atoms. The summed E-state index contributed by atoms with van der Waals surface area (Å²) in [5.41, 5.74) is 0. The summed E-state index contributed by atoms with van der Waals surface area (Å²) < 4.78 is 27.1. The first kappa shape index (κ1) is 20.2. The van der Waals surface area contributed by atoms with Gasteiger partial charge in [0.2, 0.25) is 0 Å². The van der Waals surface area contributed by atoms with Crippen LogP contribution in [-0.2, 0) is 9.13 Å². The van der Waals surface area contributed by atoms with Crippen LogP contribution in [0.2, 0.25) is 4.44 Å². The van der Waals surface area contributed by atoms with Crippen LogP contribution in [0.3, 0.4) is 0 Å². The van der Waals surface area contributed by atoms with Gasteiger partial charge in [0.05, 0.1) is 5.90 Å². The Labute approximate surface area is 132 Å². The average molecular weight is 425 g/mol. The Morgan fingerprint density at radius 3 is 2.05 bits per heavy atom. The van der Waals surface area contributed by atoms with Crippen LogP contribution in [0.4, 0.5) is 0 Å². The van der Waals surface area contributed by atoms with Gasteiger partial charge in [-0.25, -0.2) is 0 Å². The first-order chi connectivity index (χ1) is 9.20. The molecule has 0 fully saturated rings. The van der Waals surface area contributed by atoms with Crippen molar-refractivity contribution < 1.29 is 28.3 Å². The Morgan fingerprint density at radius 2 is 1.70 bits per heavy atom. The minimum Gasteiger partial charge on any atom is -0.810 e.